The van der Waals surface area contributed by atoms with Crippen LogP contribution >= 0.6 is 11.6 Å². The molecule has 0 saturated carbocycles. The number of hydrogen-bond acceptors (Lipinski definition) is 3. The Morgan fingerprint density at radius 1 is 1.39 bits per heavy atom. The largest absolute Gasteiger partial charge is 0.504 e. The molecule has 0 fully saturated rings. The molecule has 3 nitrogen and oxygen atoms in total. The van der Waals surface area contributed by atoms with E-state index in [1.165, 1.54) is 7.11 Å². The number of rotatable bonds is 6. The second-order valence-corrected chi connectivity index (χ2v) is 5.11. The lowest BCUT2D eigenvalue weighted by Gasteiger charge is -2.20. The molecule has 0 aliphatic heterocycles. The maximum Gasteiger partial charge on any atom is 0.162 e. The Morgan fingerprint density at radius 2 is 2.06 bits per heavy atom. The molecule has 2 atom stereocenters. The number of halogens is 1. The van der Waals surface area contributed by atoms with Crippen LogP contribution in [0.25, 0.3) is 0 Å². The zero-order valence-electron chi connectivity index (χ0n) is 11.5. The first-order valence-electron chi connectivity index (χ1n) is 6.28. The van der Waals surface area contributed by atoms with Crippen molar-refractivity contribution in [2.75, 3.05) is 7.11 Å². The van der Waals surface area contributed by atoms with Gasteiger partial charge in [0.05, 0.1) is 7.11 Å². The molecular formula is C14H22ClNO2. The van der Waals surface area contributed by atoms with Crippen LogP contribution in [0.3, 0.4) is 0 Å². The van der Waals surface area contributed by atoms with Gasteiger partial charge in [0.1, 0.15) is 0 Å². The van der Waals surface area contributed by atoms with Crippen LogP contribution in [-0.4, -0.2) is 18.3 Å². The van der Waals surface area contributed by atoms with Gasteiger partial charge in [0.25, 0.3) is 0 Å². The number of benzene rings is 1. The number of ether oxygens (including phenoxy) is 1. The Balaban J connectivity index is 2.76. The van der Waals surface area contributed by atoms with E-state index >= 15 is 0 Å². The van der Waals surface area contributed by atoms with Gasteiger partial charge in [-0.25, -0.2) is 0 Å². The summed E-state index contributed by atoms with van der Waals surface area (Å²) >= 11 is 5.99. The molecule has 2 N–H and O–H groups in total. The van der Waals surface area contributed by atoms with Crippen molar-refractivity contribution in [2.45, 2.75) is 39.8 Å². The van der Waals surface area contributed by atoms with Crippen molar-refractivity contribution in [1.82, 2.24) is 5.32 Å². The molecule has 0 aromatic heterocycles. The van der Waals surface area contributed by atoms with Crippen LogP contribution in [0.4, 0.5) is 0 Å². The predicted octanol–water partition coefficient (Wildman–Crippen LogP) is 3.58. The molecule has 0 bridgehead atoms. The molecule has 0 heterocycles. The molecule has 0 aliphatic carbocycles. The molecule has 4 heteroatoms. The molecule has 0 radical (unpaired) electrons. The van der Waals surface area contributed by atoms with Crippen LogP contribution in [0, 0.1) is 5.92 Å². The summed E-state index contributed by atoms with van der Waals surface area (Å²) in [5, 5.41) is 14.0. The number of phenolic OH excluding ortho intramolecular Hbond substituents is 1. The fourth-order valence-electron chi connectivity index (χ4n) is 1.74. The van der Waals surface area contributed by atoms with Crippen molar-refractivity contribution < 1.29 is 9.84 Å². The van der Waals surface area contributed by atoms with Gasteiger partial charge in [-0.3, -0.25) is 0 Å². The minimum atomic E-state index is 0.158. The summed E-state index contributed by atoms with van der Waals surface area (Å²) in [6, 6.07) is 3.76. The first-order valence-corrected chi connectivity index (χ1v) is 6.66. The van der Waals surface area contributed by atoms with Crippen molar-refractivity contribution >= 4 is 11.6 Å². The minimum Gasteiger partial charge on any atom is -0.504 e. The number of phenols is 1. The monoisotopic (exact) mass is 271 g/mol. The van der Waals surface area contributed by atoms with Gasteiger partial charge < -0.3 is 15.2 Å². The summed E-state index contributed by atoms with van der Waals surface area (Å²) in [6.07, 6.45) is 1.12. The normalized spacial score (nSPS) is 14.3. The van der Waals surface area contributed by atoms with Crippen LogP contribution in [0.5, 0.6) is 11.5 Å². The second kappa shape index (κ2) is 6.86. The molecule has 0 saturated heterocycles. The topological polar surface area (TPSA) is 41.5 Å². The SMILES string of the molecule is CCC(C)C(C)NCc1cc(Cl)cc(OC)c1O. The summed E-state index contributed by atoms with van der Waals surface area (Å²) in [7, 11) is 1.52. The van der Waals surface area contributed by atoms with Crippen molar-refractivity contribution in [3.05, 3.63) is 22.7 Å². The maximum atomic E-state index is 10.00. The summed E-state index contributed by atoms with van der Waals surface area (Å²) in [5.74, 6) is 1.16. The number of methoxy groups -OCH3 is 1. The van der Waals surface area contributed by atoms with Gasteiger partial charge in [0.2, 0.25) is 0 Å². The first-order chi connectivity index (χ1) is 8.49. The van der Waals surface area contributed by atoms with Crippen LogP contribution in [0.2, 0.25) is 5.02 Å². The Morgan fingerprint density at radius 3 is 2.61 bits per heavy atom. The van der Waals surface area contributed by atoms with Gasteiger partial charge >= 0.3 is 0 Å². The van der Waals surface area contributed by atoms with E-state index in [2.05, 4.69) is 26.1 Å². The summed E-state index contributed by atoms with van der Waals surface area (Å²) in [4.78, 5) is 0. The highest BCUT2D eigenvalue weighted by Gasteiger charge is 2.13. The Hall–Kier alpha value is -0.930. The van der Waals surface area contributed by atoms with E-state index in [1.807, 2.05) is 0 Å². The average Bonchev–Trinajstić information content (AvgIpc) is 2.37. The van der Waals surface area contributed by atoms with Gasteiger partial charge in [-0.15, -0.1) is 0 Å². The molecule has 0 spiro atoms. The molecular weight excluding hydrogens is 250 g/mol. The molecule has 102 valence electrons. The zero-order valence-corrected chi connectivity index (χ0v) is 12.2. The summed E-state index contributed by atoms with van der Waals surface area (Å²) in [5.41, 5.74) is 0.759. The third kappa shape index (κ3) is 3.79. The van der Waals surface area contributed by atoms with Crippen molar-refractivity contribution in [3.63, 3.8) is 0 Å². The van der Waals surface area contributed by atoms with Gasteiger partial charge in [0, 0.05) is 29.2 Å². The highest BCUT2D eigenvalue weighted by Crippen LogP contribution is 2.33. The fraction of sp³-hybridized carbons (Fsp3) is 0.571. The second-order valence-electron chi connectivity index (χ2n) is 4.67. The predicted molar refractivity (Wildman–Crippen MR) is 75.4 cm³/mol. The van der Waals surface area contributed by atoms with Crippen LogP contribution in [0.15, 0.2) is 12.1 Å². The molecule has 1 rings (SSSR count). The van der Waals surface area contributed by atoms with E-state index in [0.717, 1.165) is 12.0 Å². The van der Waals surface area contributed by atoms with E-state index in [1.54, 1.807) is 12.1 Å². The third-order valence-electron chi connectivity index (χ3n) is 3.45. The lowest BCUT2D eigenvalue weighted by Crippen LogP contribution is -2.31. The molecule has 1 aromatic carbocycles. The Kier molecular flexibility index (Phi) is 5.76. The zero-order chi connectivity index (χ0) is 13.7. The summed E-state index contributed by atoms with van der Waals surface area (Å²) in [6.45, 7) is 7.10. The fourth-order valence-corrected chi connectivity index (χ4v) is 1.98. The highest BCUT2D eigenvalue weighted by molar-refractivity contribution is 6.30. The molecule has 1 aromatic rings. The van der Waals surface area contributed by atoms with Crippen molar-refractivity contribution in [1.29, 1.82) is 0 Å². The van der Waals surface area contributed by atoms with Crippen LogP contribution in [0.1, 0.15) is 32.8 Å². The van der Waals surface area contributed by atoms with E-state index in [9.17, 15) is 5.11 Å². The van der Waals surface area contributed by atoms with E-state index in [-0.39, 0.29) is 5.75 Å². The standard InChI is InChI=1S/C14H22ClNO2/c1-5-9(2)10(3)16-8-11-6-12(15)7-13(18-4)14(11)17/h6-7,9-10,16-17H,5,8H2,1-4H3. The maximum absolute atomic E-state index is 10.00. The Labute approximate surface area is 114 Å². The molecule has 2 unspecified atom stereocenters. The van der Waals surface area contributed by atoms with Crippen LogP contribution in [-0.2, 0) is 6.54 Å². The van der Waals surface area contributed by atoms with Gasteiger partial charge in [-0.05, 0) is 18.9 Å². The highest BCUT2D eigenvalue weighted by atomic mass is 35.5. The van der Waals surface area contributed by atoms with Gasteiger partial charge in [-0.1, -0.05) is 31.9 Å². The Bertz CT molecular complexity index is 396. The van der Waals surface area contributed by atoms with E-state index in [4.69, 9.17) is 16.3 Å². The van der Waals surface area contributed by atoms with E-state index in [0.29, 0.717) is 29.3 Å². The molecule has 0 aliphatic rings. The van der Waals surface area contributed by atoms with Crippen molar-refractivity contribution in [3.8, 4) is 11.5 Å². The average molecular weight is 272 g/mol. The number of aromatic hydroxyl groups is 1. The first kappa shape index (κ1) is 15.1. The van der Waals surface area contributed by atoms with Gasteiger partial charge in [-0.2, -0.15) is 0 Å². The van der Waals surface area contributed by atoms with Gasteiger partial charge in [0.15, 0.2) is 11.5 Å². The van der Waals surface area contributed by atoms with E-state index < -0.39 is 0 Å². The smallest absolute Gasteiger partial charge is 0.162 e. The molecule has 18 heavy (non-hydrogen) atoms. The summed E-state index contributed by atoms with van der Waals surface area (Å²) < 4.78 is 5.08. The minimum absolute atomic E-state index is 0.158. The quantitative estimate of drug-likeness (QED) is 0.831. The number of nitrogens with one attached hydrogen (secondary N) is 1. The molecule has 0 amide bonds. The third-order valence-corrected chi connectivity index (χ3v) is 3.67. The van der Waals surface area contributed by atoms with Crippen molar-refractivity contribution in [2.24, 2.45) is 5.92 Å². The van der Waals surface area contributed by atoms with Crippen LogP contribution < -0.4 is 10.1 Å². The lowest BCUT2D eigenvalue weighted by atomic mass is 10.0. The lowest BCUT2D eigenvalue weighted by molar-refractivity contribution is 0.362. The number of hydrogen-bond donors (Lipinski definition) is 2.